The van der Waals surface area contributed by atoms with Gasteiger partial charge in [0.1, 0.15) is 11.8 Å². The molecule has 1 rings (SSSR count). The highest BCUT2D eigenvalue weighted by Gasteiger charge is 2.21. The van der Waals surface area contributed by atoms with E-state index in [1.807, 2.05) is 19.2 Å². The van der Waals surface area contributed by atoms with Gasteiger partial charge in [-0.25, -0.2) is 4.79 Å². The molecule has 1 N–H and O–H groups in total. The Labute approximate surface area is 139 Å². The van der Waals surface area contributed by atoms with Crippen molar-refractivity contribution in [3.8, 4) is 5.75 Å². The summed E-state index contributed by atoms with van der Waals surface area (Å²) < 4.78 is 10.1. The van der Waals surface area contributed by atoms with E-state index in [1.165, 1.54) is 7.11 Å². The van der Waals surface area contributed by atoms with Crippen LogP contribution >= 0.6 is 23.4 Å². The fourth-order valence-electron chi connectivity index (χ4n) is 1.73. The second-order valence-electron chi connectivity index (χ2n) is 4.65. The van der Waals surface area contributed by atoms with Crippen LogP contribution < -0.4 is 10.1 Å². The van der Waals surface area contributed by atoms with E-state index in [-0.39, 0.29) is 6.61 Å². The van der Waals surface area contributed by atoms with Gasteiger partial charge in [0.2, 0.25) is 0 Å². The standard InChI is InChI=1S/C15H20ClNO4S/c1-10-4-5-11(16)13(8-10)21-9-14(18)17-12(6-7-22-3)15(19)20-2/h4-5,8,12H,6-7,9H2,1-3H3,(H,17,18)/t12-/m1/s1. The Morgan fingerprint density at radius 3 is 2.77 bits per heavy atom. The van der Waals surface area contributed by atoms with E-state index in [0.717, 1.165) is 11.3 Å². The number of amides is 1. The maximum absolute atomic E-state index is 11.9. The number of halogens is 1. The Bertz CT molecular complexity index is 524. The van der Waals surface area contributed by atoms with Crippen LogP contribution in [0.15, 0.2) is 18.2 Å². The lowest BCUT2D eigenvalue weighted by molar-refractivity contribution is -0.145. The van der Waals surface area contributed by atoms with Gasteiger partial charge in [-0.2, -0.15) is 11.8 Å². The Kier molecular flexibility index (Phi) is 8.12. The predicted molar refractivity (Wildman–Crippen MR) is 88.6 cm³/mol. The number of hydrogen-bond acceptors (Lipinski definition) is 5. The highest BCUT2D eigenvalue weighted by molar-refractivity contribution is 7.98. The average molecular weight is 346 g/mol. The highest BCUT2D eigenvalue weighted by Crippen LogP contribution is 2.25. The van der Waals surface area contributed by atoms with E-state index >= 15 is 0 Å². The molecule has 0 aliphatic carbocycles. The molecule has 0 spiro atoms. The van der Waals surface area contributed by atoms with Crippen molar-refractivity contribution in [2.24, 2.45) is 0 Å². The third kappa shape index (κ3) is 6.15. The number of benzene rings is 1. The van der Waals surface area contributed by atoms with Crippen LogP contribution in [0, 0.1) is 6.92 Å². The molecule has 0 aliphatic rings. The number of methoxy groups -OCH3 is 1. The lowest BCUT2D eigenvalue weighted by Crippen LogP contribution is -2.43. The molecule has 122 valence electrons. The molecule has 0 radical (unpaired) electrons. The molecule has 0 saturated heterocycles. The minimum atomic E-state index is -0.665. The van der Waals surface area contributed by atoms with Crippen molar-refractivity contribution in [1.82, 2.24) is 5.32 Å². The summed E-state index contributed by atoms with van der Waals surface area (Å²) in [6.45, 7) is 1.69. The van der Waals surface area contributed by atoms with Crippen molar-refractivity contribution in [3.63, 3.8) is 0 Å². The molecule has 5 nitrogen and oxygen atoms in total. The van der Waals surface area contributed by atoms with E-state index in [2.05, 4.69) is 10.1 Å². The van der Waals surface area contributed by atoms with Crippen LogP contribution in [0.3, 0.4) is 0 Å². The number of carbonyl (C=O) groups is 2. The van der Waals surface area contributed by atoms with Crippen molar-refractivity contribution in [1.29, 1.82) is 0 Å². The molecule has 1 aromatic rings. The number of nitrogens with one attached hydrogen (secondary N) is 1. The van der Waals surface area contributed by atoms with Gasteiger partial charge in [0, 0.05) is 0 Å². The lowest BCUT2D eigenvalue weighted by Gasteiger charge is -2.16. The molecule has 1 amide bonds. The third-order valence-electron chi connectivity index (χ3n) is 2.88. The zero-order valence-electron chi connectivity index (χ0n) is 12.8. The lowest BCUT2D eigenvalue weighted by atomic mass is 10.2. The molecule has 0 aliphatic heterocycles. The van der Waals surface area contributed by atoms with Gasteiger partial charge in [0.25, 0.3) is 5.91 Å². The zero-order chi connectivity index (χ0) is 16.5. The Morgan fingerprint density at radius 2 is 2.14 bits per heavy atom. The number of aryl methyl sites for hydroxylation is 1. The van der Waals surface area contributed by atoms with Gasteiger partial charge in [0.15, 0.2) is 6.61 Å². The second-order valence-corrected chi connectivity index (χ2v) is 6.04. The molecule has 7 heteroatoms. The summed E-state index contributed by atoms with van der Waals surface area (Å²) >= 11 is 7.58. The molecule has 22 heavy (non-hydrogen) atoms. The van der Waals surface area contributed by atoms with E-state index < -0.39 is 17.9 Å². The number of carbonyl (C=O) groups excluding carboxylic acids is 2. The summed E-state index contributed by atoms with van der Waals surface area (Å²) in [5, 5.41) is 3.05. The summed E-state index contributed by atoms with van der Waals surface area (Å²) in [5.74, 6) is 0.325. The van der Waals surface area contributed by atoms with Crippen molar-refractivity contribution in [2.45, 2.75) is 19.4 Å². The molecular weight excluding hydrogens is 326 g/mol. The first kappa shape index (κ1) is 18.6. The summed E-state index contributed by atoms with van der Waals surface area (Å²) in [6.07, 6.45) is 2.43. The second kappa shape index (κ2) is 9.58. The number of ether oxygens (including phenoxy) is 2. The number of esters is 1. The fraction of sp³-hybridized carbons (Fsp3) is 0.467. The van der Waals surface area contributed by atoms with Crippen LogP contribution in [-0.2, 0) is 14.3 Å². The van der Waals surface area contributed by atoms with Crippen LogP contribution in [0.5, 0.6) is 5.75 Å². The van der Waals surface area contributed by atoms with Gasteiger partial charge in [-0.3, -0.25) is 4.79 Å². The van der Waals surface area contributed by atoms with Gasteiger partial charge in [-0.15, -0.1) is 0 Å². The smallest absolute Gasteiger partial charge is 0.328 e. The van der Waals surface area contributed by atoms with Crippen LogP contribution in [0.2, 0.25) is 5.02 Å². The van der Waals surface area contributed by atoms with Crippen molar-refractivity contribution in [3.05, 3.63) is 28.8 Å². The molecule has 1 atom stereocenters. The van der Waals surface area contributed by atoms with Crippen LogP contribution in [0.1, 0.15) is 12.0 Å². The van der Waals surface area contributed by atoms with E-state index in [9.17, 15) is 9.59 Å². The zero-order valence-corrected chi connectivity index (χ0v) is 14.4. The average Bonchev–Trinajstić information content (AvgIpc) is 2.51. The number of hydrogen-bond donors (Lipinski definition) is 1. The Morgan fingerprint density at radius 1 is 1.41 bits per heavy atom. The molecule has 0 heterocycles. The molecule has 0 saturated carbocycles. The largest absolute Gasteiger partial charge is 0.482 e. The molecular formula is C15H20ClNO4S. The topological polar surface area (TPSA) is 64.6 Å². The van der Waals surface area contributed by atoms with Gasteiger partial charge in [-0.05, 0) is 43.0 Å². The first-order chi connectivity index (χ1) is 10.5. The summed E-state index contributed by atoms with van der Waals surface area (Å²) in [7, 11) is 1.30. The highest BCUT2D eigenvalue weighted by atomic mass is 35.5. The first-order valence-electron chi connectivity index (χ1n) is 6.73. The van der Waals surface area contributed by atoms with Crippen molar-refractivity contribution in [2.75, 3.05) is 25.7 Å². The Balaban J connectivity index is 2.56. The monoisotopic (exact) mass is 345 g/mol. The van der Waals surface area contributed by atoms with Crippen LogP contribution in [-0.4, -0.2) is 43.6 Å². The van der Waals surface area contributed by atoms with E-state index in [0.29, 0.717) is 17.2 Å². The molecule has 0 unspecified atom stereocenters. The predicted octanol–water partition coefficient (Wildman–Crippen LogP) is 2.44. The summed E-state index contributed by atoms with van der Waals surface area (Å²) in [4.78, 5) is 23.5. The van der Waals surface area contributed by atoms with Gasteiger partial charge in [-0.1, -0.05) is 17.7 Å². The maximum Gasteiger partial charge on any atom is 0.328 e. The molecule has 0 bridgehead atoms. The molecule has 1 aromatic carbocycles. The number of thioether (sulfide) groups is 1. The van der Waals surface area contributed by atoms with E-state index in [1.54, 1.807) is 23.9 Å². The quantitative estimate of drug-likeness (QED) is 0.733. The third-order valence-corrected chi connectivity index (χ3v) is 3.83. The minimum Gasteiger partial charge on any atom is -0.482 e. The summed E-state index contributed by atoms with van der Waals surface area (Å²) in [6, 6.07) is 4.65. The van der Waals surface area contributed by atoms with Crippen LogP contribution in [0.4, 0.5) is 0 Å². The number of rotatable bonds is 8. The van der Waals surface area contributed by atoms with Gasteiger partial charge >= 0.3 is 5.97 Å². The van der Waals surface area contributed by atoms with Crippen molar-refractivity contribution < 1.29 is 19.1 Å². The fourth-order valence-corrected chi connectivity index (χ4v) is 2.37. The molecule has 0 aromatic heterocycles. The van der Waals surface area contributed by atoms with Crippen LogP contribution in [0.25, 0.3) is 0 Å². The molecule has 0 fully saturated rings. The van der Waals surface area contributed by atoms with Crippen molar-refractivity contribution >= 4 is 35.2 Å². The Hall–Kier alpha value is -1.40. The minimum absolute atomic E-state index is 0.212. The first-order valence-corrected chi connectivity index (χ1v) is 8.50. The van der Waals surface area contributed by atoms with Gasteiger partial charge < -0.3 is 14.8 Å². The maximum atomic E-state index is 11.9. The SMILES string of the molecule is COC(=O)[C@@H](CCSC)NC(=O)COc1cc(C)ccc1Cl. The summed E-state index contributed by atoms with van der Waals surface area (Å²) in [5.41, 5.74) is 0.979. The normalized spacial score (nSPS) is 11.6. The van der Waals surface area contributed by atoms with E-state index in [4.69, 9.17) is 16.3 Å². The van der Waals surface area contributed by atoms with Gasteiger partial charge in [0.05, 0.1) is 12.1 Å².